The van der Waals surface area contributed by atoms with Crippen molar-refractivity contribution >= 4 is 0 Å². The van der Waals surface area contributed by atoms with Gasteiger partial charge in [-0.1, -0.05) is 20.8 Å². The van der Waals surface area contributed by atoms with Crippen LogP contribution in [0.15, 0.2) is 6.33 Å². The Labute approximate surface area is 79.2 Å². The van der Waals surface area contributed by atoms with E-state index in [9.17, 15) is 0 Å². The van der Waals surface area contributed by atoms with Gasteiger partial charge in [-0.3, -0.25) is 0 Å². The predicted molar refractivity (Wildman–Crippen MR) is 51.3 cm³/mol. The zero-order valence-electron chi connectivity index (χ0n) is 8.62. The van der Waals surface area contributed by atoms with Crippen LogP contribution in [0.1, 0.15) is 33.0 Å². The topological polar surface area (TPSA) is 30.7 Å². The second kappa shape index (κ2) is 2.82. The van der Waals surface area contributed by atoms with E-state index in [1.807, 2.05) is 6.33 Å². The normalized spacial score (nSPS) is 22.8. The minimum absolute atomic E-state index is 0.405. The summed E-state index contributed by atoms with van der Waals surface area (Å²) in [5, 5.41) is 8.02. The van der Waals surface area contributed by atoms with Crippen LogP contribution in [0.5, 0.6) is 0 Å². The second-order valence-corrected chi connectivity index (χ2v) is 5.00. The van der Waals surface area contributed by atoms with Crippen molar-refractivity contribution in [1.29, 1.82) is 0 Å². The molecule has 0 fully saturated rings. The van der Waals surface area contributed by atoms with E-state index in [1.165, 1.54) is 6.42 Å². The number of fused-ring (bicyclic) bond motifs is 1. The Morgan fingerprint density at radius 1 is 1.46 bits per heavy atom. The van der Waals surface area contributed by atoms with Crippen LogP contribution in [-0.2, 0) is 13.0 Å². The van der Waals surface area contributed by atoms with Crippen molar-refractivity contribution in [3.05, 3.63) is 12.2 Å². The molecule has 72 valence electrons. The smallest absolute Gasteiger partial charge is 0.132 e. The number of hydrogen-bond donors (Lipinski definition) is 0. The van der Waals surface area contributed by atoms with Gasteiger partial charge in [-0.15, -0.1) is 10.2 Å². The summed E-state index contributed by atoms with van der Waals surface area (Å²) in [4.78, 5) is 0. The molecule has 0 saturated heterocycles. The van der Waals surface area contributed by atoms with E-state index >= 15 is 0 Å². The average molecular weight is 179 g/mol. The van der Waals surface area contributed by atoms with E-state index in [-0.39, 0.29) is 0 Å². The third kappa shape index (κ3) is 1.60. The van der Waals surface area contributed by atoms with E-state index in [1.54, 1.807) is 0 Å². The Balaban J connectivity index is 2.18. The second-order valence-electron chi connectivity index (χ2n) is 5.00. The molecular weight excluding hydrogens is 162 g/mol. The maximum absolute atomic E-state index is 4.09. The fourth-order valence-electron chi connectivity index (χ4n) is 1.96. The van der Waals surface area contributed by atoms with Crippen LogP contribution in [0, 0.1) is 11.3 Å². The molecule has 0 bridgehead atoms. The molecular formula is C10H17N3. The lowest BCUT2D eigenvalue weighted by atomic mass is 9.77. The molecule has 2 rings (SSSR count). The first-order valence-corrected chi connectivity index (χ1v) is 4.94. The van der Waals surface area contributed by atoms with Crippen molar-refractivity contribution in [3.8, 4) is 0 Å². The van der Waals surface area contributed by atoms with Crippen LogP contribution < -0.4 is 0 Å². The molecule has 13 heavy (non-hydrogen) atoms. The third-order valence-corrected chi connectivity index (χ3v) is 3.05. The molecule has 3 nitrogen and oxygen atoms in total. The van der Waals surface area contributed by atoms with Gasteiger partial charge in [0.2, 0.25) is 0 Å². The molecule has 1 aromatic heterocycles. The van der Waals surface area contributed by atoms with E-state index in [0.717, 1.165) is 24.7 Å². The van der Waals surface area contributed by atoms with Gasteiger partial charge >= 0.3 is 0 Å². The molecule has 1 aromatic rings. The average Bonchev–Trinajstić information content (AvgIpc) is 2.47. The van der Waals surface area contributed by atoms with Crippen LogP contribution in [0.4, 0.5) is 0 Å². The minimum atomic E-state index is 0.405. The fraction of sp³-hybridized carbons (Fsp3) is 0.800. The zero-order valence-corrected chi connectivity index (χ0v) is 8.62. The van der Waals surface area contributed by atoms with Crippen molar-refractivity contribution in [2.75, 3.05) is 0 Å². The van der Waals surface area contributed by atoms with Gasteiger partial charge in [0.15, 0.2) is 0 Å². The van der Waals surface area contributed by atoms with Gasteiger partial charge < -0.3 is 4.57 Å². The standard InChI is InChI=1S/C10H17N3/c1-10(2,3)8-4-5-9-12-11-7-13(9)6-8/h7-8H,4-6H2,1-3H3. The van der Waals surface area contributed by atoms with E-state index in [4.69, 9.17) is 0 Å². The monoisotopic (exact) mass is 179 g/mol. The highest BCUT2D eigenvalue weighted by atomic mass is 15.3. The lowest BCUT2D eigenvalue weighted by molar-refractivity contribution is 0.180. The highest BCUT2D eigenvalue weighted by Gasteiger charge is 2.28. The third-order valence-electron chi connectivity index (χ3n) is 3.05. The Morgan fingerprint density at radius 2 is 2.23 bits per heavy atom. The number of nitrogens with zero attached hydrogens (tertiary/aromatic N) is 3. The fourth-order valence-corrected chi connectivity index (χ4v) is 1.96. The molecule has 1 atom stereocenters. The van der Waals surface area contributed by atoms with Crippen LogP contribution in [0.3, 0.4) is 0 Å². The number of rotatable bonds is 0. The van der Waals surface area contributed by atoms with E-state index in [0.29, 0.717) is 5.41 Å². The zero-order chi connectivity index (χ0) is 9.47. The van der Waals surface area contributed by atoms with Gasteiger partial charge in [-0.2, -0.15) is 0 Å². The van der Waals surface area contributed by atoms with Gasteiger partial charge in [0.25, 0.3) is 0 Å². The van der Waals surface area contributed by atoms with Crippen LogP contribution in [0.2, 0.25) is 0 Å². The van der Waals surface area contributed by atoms with Crippen LogP contribution in [0.25, 0.3) is 0 Å². The Hall–Kier alpha value is -0.860. The molecule has 0 N–H and O–H groups in total. The van der Waals surface area contributed by atoms with Gasteiger partial charge in [0.1, 0.15) is 12.2 Å². The van der Waals surface area contributed by atoms with Gasteiger partial charge in [-0.25, -0.2) is 0 Å². The quantitative estimate of drug-likeness (QED) is 0.609. The van der Waals surface area contributed by atoms with Crippen molar-refractivity contribution in [3.63, 3.8) is 0 Å². The minimum Gasteiger partial charge on any atom is -0.317 e. The first kappa shape index (κ1) is 8.73. The lowest BCUT2D eigenvalue weighted by Gasteiger charge is -2.34. The molecule has 0 amide bonds. The molecule has 1 aliphatic heterocycles. The van der Waals surface area contributed by atoms with E-state index in [2.05, 4.69) is 35.5 Å². The molecule has 0 spiro atoms. The molecule has 0 radical (unpaired) electrons. The Morgan fingerprint density at radius 3 is 2.92 bits per heavy atom. The maximum atomic E-state index is 4.09. The number of aromatic nitrogens is 3. The van der Waals surface area contributed by atoms with Gasteiger partial charge in [0, 0.05) is 13.0 Å². The first-order valence-electron chi connectivity index (χ1n) is 4.94. The summed E-state index contributed by atoms with van der Waals surface area (Å²) in [5.74, 6) is 1.91. The molecule has 0 aliphatic carbocycles. The van der Waals surface area contributed by atoms with Gasteiger partial charge in [0.05, 0.1) is 0 Å². The van der Waals surface area contributed by atoms with Crippen LogP contribution in [-0.4, -0.2) is 14.8 Å². The molecule has 3 heteroatoms. The first-order chi connectivity index (χ1) is 6.07. The maximum Gasteiger partial charge on any atom is 0.132 e. The largest absolute Gasteiger partial charge is 0.317 e. The highest BCUT2D eigenvalue weighted by Crippen LogP contribution is 2.33. The van der Waals surface area contributed by atoms with Crippen molar-refractivity contribution in [2.24, 2.45) is 11.3 Å². The SMILES string of the molecule is CC(C)(C)C1CCc2nncn2C1. The summed E-state index contributed by atoms with van der Waals surface area (Å²) in [6, 6.07) is 0. The summed E-state index contributed by atoms with van der Waals surface area (Å²) >= 11 is 0. The van der Waals surface area contributed by atoms with Crippen molar-refractivity contribution in [2.45, 2.75) is 40.2 Å². The predicted octanol–water partition coefficient (Wildman–Crippen LogP) is 1.89. The Kier molecular flexibility index (Phi) is 1.90. The summed E-state index contributed by atoms with van der Waals surface area (Å²) in [6.45, 7) is 8.03. The number of aryl methyl sites for hydroxylation is 1. The molecule has 1 aliphatic rings. The Bertz CT molecular complexity index is 295. The summed E-state index contributed by atoms with van der Waals surface area (Å²) < 4.78 is 2.19. The summed E-state index contributed by atoms with van der Waals surface area (Å²) in [7, 11) is 0. The molecule has 2 heterocycles. The van der Waals surface area contributed by atoms with Crippen molar-refractivity contribution in [1.82, 2.24) is 14.8 Å². The molecule has 0 saturated carbocycles. The van der Waals surface area contributed by atoms with Crippen molar-refractivity contribution < 1.29 is 0 Å². The molecule has 1 unspecified atom stereocenters. The molecule has 0 aromatic carbocycles. The van der Waals surface area contributed by atoms with Crippen LogP contribution >= 0.6 is 0 Å². The number of hydrogen-bond acceptors (Lipinski definition) is 2. The summed E-state index contributed by atoms with van der Waals surface area (Å²) in [6.07, 6.45) is 4.19. The van der Waals surface area contributed by atoms with Gasteiger partial charge in [-0.05, 0) is 17.8 Å². The highest BCUT2D eigenvalue weighted by molar-refractivity contribution is 4.93. The lowest BCUT2D eigenvalue weighted by Crippen LogP contribution is -2.30. The summed E-state index contributed by atoms with van der Waals surface area (Å²) in [5.41, 5.74) is 0.405. The van der Waals surface area contributed by atoms with E-state index < -0.39 is 0 Å².